The minimum atomic E-state index is -0.0885. The van der Waals surface area contributed by atoms with Crippen LogP contribution in [-0.4, -0.2) is 30.9 Å². The molecule has 1 atom stereocenters. The van der Waals surface area contributed by atoms with Crippen LogP contribution in [0.25, 0.3) is 0 Å². The van der Waals surface area contributed by atoms with Gasteiger partial charge in [-0.1, -0.05) is 25.4 Å². The van der Waals surface area contributed by atoms with E-state index in [1.165, 1.54) is 5.56 Å². The maximum Gasteiger partial charge on any atom is 0.123 e. The lowest BCUT2D eigenvalue weighted by atomic mass is 9.95. The molecule has 0 amide bonds. The van der Waals surface area contributed by atoms with Crippen LogP contribution >= 0.6 is 11.6 Å². The number of hydrogen-bond acceptors (Lipinski definition) is 3. The molecular weight excluding hydrogens is 250 g/mol. The molecule has 0 aliphatic carbocycles. The highest BCUT2D eigenvalue weighted by atomic mass is 35.5. The third-order valence-electron chi connectivity index (χ3n) is 3.17. The van der Waals surface area contributed by atoms with E-state index in [1.807, 2.05) is 32.0 Å². The Kier molecular flexibility index (Phi) is 4.15. The summed E-state index contributed by atoms with van der Waals surface area (Å²) in [5.74, 6) is 0.938. The monoisotopic (exact) mass is 269 g/mol. The van der Waals surface area contributed by atoms with E-state index in [0.29, 0.717) is 0 Å². The molecule has 4 heteroatoms. The summed E-state index contributed by atoms with van der Waals surface area (Å²) in [4.78, 5) is 0. The van der Waals surface area contributed by atoms with Crippen molar-refractivity contribution in [1.82, 2.24) is 5.32 Å². The van der Waals surface area contributed by atoms with Crippen LogP contribution < -0.4 is 10.1 Å². The molecule has 0 saturated carbocycles. The Labute approximate surface area is 113 Å². The van der Waals surface area contributed by atoms with E-state index < -0.39 is 0 Å². The molecule has 1 aliphatic rings. The fraction of sp³-hybridized carbons (Fsp3) is 0.571. The Morgan fingerprint density at radius 2 is 2.28 bits per heavy atom. The first-order valence-electron chi connectivity index (χ1n) is 6.27. The number of halogens is 1. The van der Waals surface area contributed by atoms with Crippen LogP contribution in [0.2, 0.25) is 5.02 Å². The number of aliphatic hydroxyl groups excluding tert-OH is 1. The van der Waals surface area contributed by atoms with Gasteiger partial charge in [0.15, 0.2) is 0 Å². The van der Waals surface area contributed by atoms with Gasteiger partial charge in [-0.25, -0.2) is 0 Å². The molecule has 0 fully saturated rings. The zero-order chi connectivity index (χ0) is 13.2. The average Bonchev–Trinajstić information content (AvgIpc) is 2.70. The van der Waals surface area contributed by atoms with Gasteiger partial charge in [0.25, 0.3) is 0 Å². The van der Waals surface area contributed by atoms with Crippen molar-refractivity contribution in [1.29, 1.82) is 0 Å². The summed E-state index contributed by atoms with van der Waals surface area (Å²) >= 11 is 5.96. The number of ether oxygens (including phenoxy) is 1. The fourth-order valence-corrected chi connectivity index (χ4v) is 2.22. The Hall–Kier alpha value is -0.770. The van der Waals surface area contributed by atoms with E-state index in [1.54, 1.807) is 0 Å². The summed E-state index contributed by atoms with van der Waals surface area (Å²) in [6, 6.07) is 5.74. The zero-order valence-electron chi connectivity index (χ0n) is 10.9. The van der Waals surface area contributed by atoms with E-state index in [2.05, 4.69) is 5.32 Å². The van der Waals surface area contributed by atoms with Crippen molar-refractivity contribution in [2.75, 3.05) is 19.7 Å². The molecule has 2 rings (SSSR count). The Morgan fingerprint density at radius 1 is 1.50 bits per heavy atom. The highest BCUT2D eigenvalue weighted by Gasteiger charge is 2.23. The molecule has 1 heterocycles. The first-order valence-corrected chi connectivity index (χ1v) is 6.65. The van der Waals surface area contributed by atoms with Gasteiger partial charge in [0.2, 0.25) is 0 Å². The second-order valence-corrected chi connectivity index (χ2v) is 6.09. The van der Waals surface area contributed by atoms with Crippen molar-refractivity contribution in [3.8, 4) is 5.75 Å². The fourth-order valence-electron chi connectivity index (χ4n) is 2.03. The first-order chi connectivity index (χ1) is 8.50. The van der Waals surface area contributed by atoms with Crippen LogP contribution in [-0.2, 0) is 6.42 Å². The van der Waals surface area contributed by atoms with Crippen molar-refractivity contribution >= 4 is 11.6 Å². The van der Waals surface area contributed by atoms with Crippen LogP contribution in [0.1, 0.15) is 19.4 Å². The zero-order valence-corrected chi connectivity index (χ0v) is 11.6. The van der Waals surface area contributed by atoms with Crippen LogP contribution in [0, 0.1) is 5.41 Å². The molecule has 0 spiro atoms. The molecule has 1 unspecified atom stereocenters. The van der Waals surface area contributed by atoms with Gasteiger partial charge in [0.05, 0.1) is 0 Å². The summed E-state index contributed by atoms with van der Waals surface area (Å²) in [6.45, 7) is 5.81. The highest BCUT2D eigenvalue weighted by Crippen LogP contribution is 2.30. The maximum absolute atomic E-state index is 9.17. The number of fused-ring (bicyclic) bond motifs is 1. The average molecular weight is 270 g/mol. The van der Waals surface area contributed by atoms with E-state index in [4.69, 9.17) is 16.3 Å². The lowest BCUT2D eigenvalue weighted by Crippen LogP contribution is -2.37. The summed E-state index contributed by atoms with van der Waals surface area (Å²) in [6.07, 6.45) is 1.05. The molecule has 1 aliphatic heterocycles. The van der Waals surface area contributed by atoms with Crippen molar-refractivity contribution in [3.05, 3.63) is 28.8 Å². The summed E-state index contributed by atoms with van der Waals surface area (Å²) in [7, 11) is 0. The van der Waals surface area contributed by atoms with E-state index in [9.17, 15) is 5.11 Å². The molecule has 2 N–H and O–H groups in total. The Morgan fingerprint density at radius 3 is 3.00 bits per heavy atom. The number of nitrogens with one attached hydrogen (secondary N) is 1. The van der Waals surface area contributed by atoms with Crippen molar-refractivity contribution < 1.29 is 9.84 Å². The van der Waals surface area contributed by atoms with Gasteiger partial charge < -0.3 is 15.2 Å². The molecule has 1 aromatic carbocycles. The van der Waals surface area contributed by atoms with Gasteiger partial charge in [-0.3, -0.25) is 0 Å². The van der Waals surface area contributed by atoms with Gasteiger partial charge in [-0.05, 0) is 23.8 Å². The maximum atomic E-state index is 9.17. The number of benzene rings is 1. The first kappa shape index (κ1) is 13.7. The van der Waals surface area contributed by atoms with Crippen LogP contribution in [0.4, 0.5) is 0 Å². The van der Waals surface area contributed by atoms with Crippen molar-refractivity contribution in [2.24, 2.45) is 5.41 Å². The predicted octanol–water partition coefficient (Wildman–Crippen LogP) is 2.25. The van der Waals surface area contributed by atoms with Gasteiger partial charge in [-0.15, -0.1) is 0 Å². The lowest BCUT2D eigenvalue weighted by Gasteiger charge is -2.23. The number of aliphatic hydroxyl groups is 1. The topological polar surface area (TPSA) is 41.5 Å². The minimum Gasteiger partial charge on any atom is -0.488 e. The lowest BCUT2D eigenvalue weighted by molar-refractivity contribution is 0.149. The van der Waals surface area contributed by atoms with Gasteiger partial charge in [-0.2, -0.15) is 0 Å². The van der Waals surface area contributed by atoms with E-state index in [0.717, 1.165) is 30.3 Å². The molecule has 0 radical (unpaired) electrons. The molecule has 3 nitrogen and oxygen atoms in total. The van der Waals surface area contributed by atoms with Crippen LogP contribution in [0.3, 0.4) is 0 Å². The SMILES string of the molecule is CC(C)(CO)CNCC1Cc2cc(Cl)ccc2O1. The molecule has 1 aromatic rings. The molecule has 0 aromatic heterocycles. The van der Waals surface area contributed by atoms with Crippen molar-refractivity contribution in [2.45, 2.75) is 26.4 Å². The van der Waals surface area contributed by atoms with Crippen molar-refractivity contribution in [3.63, 3.8) is 0 Å². The Balaban J connectivity index is 1.81. The second kappa shape index (κ2) is 5.47. The van der Waals surface area contributed by atoms with E-state index in [-0.39, 0.29) is 18.1 Å². The molecule has 100 valence electrons. The quantitative estimate of drug-likeness (QED) is 0.862. The summed E-state index contributed by atoms with van der Waals surface area (Å²) in [5, 5.41) is 13.3. The minimum absolute atomic E-state index is 0.0885. The smallest absolute Gasteiger partial charge is 0.123 e. The summed E-state index contributed by atoms with van der Waals surface area (Å²) in [5.41, 5.74) is 1.09. The third-order valence-corrected chi connectivity index (χ3v) is 3.40. The summed E-state index contributed by atoms with van der Waals surface area (Å²) < 4.78 is 5.83. The molecule has 0 saturated heterocycles. The van der Waals surface area contributed by atoms with Crippen LogP contribution in [0.15, 0.2) is 18.2 Å². The van der Waals surface area contributed by atoms with Gasteiger partial charge >= 0.3 is 0 Å². The second-order valence-electron chi connectivity index (χ2n) is 5.65. The standard InChI is InChI=1S/C14H20ClNO2/c1-14(2,9-17)8-16-7-12-6-10-5-11(15)3-4-13(10)18-12/h3-5,12,16-17H,6-9H2,1-2H3. The largest absolute Gasteiger partial charge is 0.488 e. The van der Waals surface area contributed by atoms with Crippen LogP contribution in [0.5, 0.6) is 5.75 Å². The molecule has 0 bridgehead atoms. The number of rotatable bonds is 5. The molecular formula is C14H20ClNO2. The Bertz CT molecular complexity index is 420. The number of hydrogen-bond donors (Lipinski definition) is 2. The highest BCUT2D eigenvalue weighted by molar-refractivity contribution is 6.30. The van der Waals surface area contributed by atoms with E-state index >= 15 is 0 Å². The molecule has 18 heavy (non-hydrogen) atoms. The predicted molar refractivity (Wildman–Crippen MR) is 73.3 cm³/mol. The van der Waals surface area contributed by atoms with Gasteiger partial charge in [0.1, 0.15) is 11.9 Å². The normalized spacial score (nSPS) is 18.6. The van der Waals surface area contributed by atoms with Gasteiger partial charge in [0, 0.05) is 36.6 Å². The third kappa shape index (κ3) is 3.37.